The average Bonchev–Trinajstić information content (AvgIpc) is 3.48. The normalized spacial score (nSPS) is 16.2. The molecule has 190 valence electrons. The summed E-state index contributed by atoms with van der Waals surface area (Å²) < 4.78 is 46.1. The molecular weight excluding hydrogens is 475 g/mol. The van der Waals surface area contributed by atoms with Gasteiger partial charge in [0.2, 0.25) is 5.91 Å². The van der Waals surface area contributed by atoms with Gasteiger partial charge in [-0.2, -0.15) is 18.3 Å². The highest BCUT2D eigenvalue weighted by molar-refractivity contribution is 6.04. The third-order valence-electron chi connectivity index (χ3n) is 6.14. The first-order chi connectivity index (χ1) is 17.1. The van der Waals surface area contributed by atoms with Gasteiger partial charge in [-0.1, -0.05) is 0 Å². The Morgan fingerprint density at radius 3 is 2.56 bits per heavy atom. The molecular formula is C25H26F3N5O3. The van der Waals surface area contributed by atoms with E-state index in [-0.39, 0.29) is 17.5 Å². The van der Waals surface area contributed by atoms with E-state index in [1.807, 2.05) is 4.90 Å². The summed E-state index contributed by atoms with van der Waals surface area (Å²) in [6, 6.07) is 10.6. The number of hydrogen-bond donors (Lipinski definition) is 2. The number of aryl methyl sites for hydroxylation is 1. The minimum Gasteiger partial charge on any atom is -0.492 e. The molecule has 0 spiro atoms. The van der Waals surface area contributed by atoms with Crippen molar-refractivity contribution in [1.29, 1.82) is 0 Å². The third kappa shape index (κ3) is 5.68. The summed E-state index contributed by atoms with van der Waals surface area (Å²) in [6.07, 6.45) is -1.20. The molecule has 0 bridgehead atoms. The number of nitrogens with zero attached hydrogens (tertiary/aromatic N) is 3. The van der Waals surface area contributed by atoms with Crippen molar-refractivity contribution in [2.24, 2.45) is 12.8 Å². The first-order valence-corrected chi connectivity index (χ1v) is 11.4. The Kier molecular flexibility index (Phi) is 7.30. The summed E-state index contributed by atoms with van der Waals surface area (Å²) in [6.45, 7) is 1.64. The van der Waals surface area contributed by atoms with Crippen LogP contribution in [0.3, 0.4) is 0 Å². The molecule has 11 heteroatoms. The maximum atomic E-state index is 12.8. The second kappa shape index (κ2) is 10.4. The van der Waals surface area contributed by atoms with Crippen molar-refractivity contribution in [2.45, 2.75) is 25.1 Å². The molecule has 8 nitrogen and oxygen atoms in total. The van der Waals surface area contributed by atoms with E-state index in [9.17, 15) is 22.8 Å². The monoisotopic (exact) mass is 501 g/mol. The Hall–Kier alpha value is -3.86. The van der Waals surface area contributed by atoms with Crippen LogP contribution in [0.2, 0.25) is 0 Å². The summed E-state index contributed by atoms with van der Waals surface area (Å²) in [7, 11) is 1.77. The molecule has 0 radical (unpaired) electrons. The summed E-state index contributed by atoms with van der Waals surface area (Å²) in [5.74, 6) is -0.322. The SMILES string of the molecule is Cn1nccc1-c1cc(NC(=O)c2ccc(C(F)(F)F)cc2)ccc1OCCN1CCC[C@H]1C(N)=O. The molecule has 2 aromatic carbocycles. The van der Waals surface area contributed by atoms with Gasteiger partial charge in [0.1, 0.15) is 12.4 Å². The maximum Gasteiger partial charge on any atom is 0.416 e. The maximum absolute atomic E-state index is 12.8. The van der Waals surface area contributed by atoms with Crippen molar-refractivity contribution in [3.8, 4) is 17.0 Å². The van der Waals surface area contributed by atoms with E-state index >= 15 is 0 Å². The number of nitrogens with two attached hydrogens (primary N) is 1. The van der Waals surface area contributed by atoms with Crippen LogP contribution in [-0.4, -0.2) is 52.2 Å². The molecule has 3 N–H and O–H groups in total. The minimum absolute atomic E-state index is 0.0972. The lowest BCUT2D eigenvalue weighted by atomic mass is 10.1. The first kappa shape index (κ1) is 25.2. The molecule has 36 heavy (non-hydrogen) atoms. The van der Waals surface area contributed by atoms with Crippen LogP contribution < -0.4 is 15.8 Å². The van der Waals surface area contributed by atoms with E-state index in [4.69, 9.17) is 10.5 Å². The van der Waals surface area contributed by atoms with Crippen molar-refractivity contribution in [3.05, 3.63) is 65.9 Å². The largest absolute Gasteiger partial charge is 0.492 e. The van der Waals surface area contributed by atoms with Gasteiger partial charge in [0.05, 0.1) is 17.3 Å². The van der Waals surface area contributed by atoms with Crippen LogP contribution in [0.4, 0.5) is 18.9 Å². The molecule has 3 aromatic rings. The topological polar surface area (TPSA) is 102 Å². The highest BCUT2D eigenvalue weighted by Gasteiger charge is 2.30. The second-order valence-corrected chi connectivity index (χ2v) is 8.53. The molecule has 0 aliphatic carbocycles. The number of hydrogen-bond acceptors (Lipinski definition) is 5. The van der Waals surface area contributed by atoms with E-state index in [1.165, 1.54) is 0 Å². The van der Waals surface area contributed by atoms with E-state index in [2.05, 4.69) is 10.4 Å². The number of halogens is 3. The van der Waals surface area contributed by atoms with Crippen LogP contribution in [-0.2, 0) is 18.0 Å². The number of alkyl halides is 3. The molecule has 1 aliphatic heterocycles. The van der Waals surface area contributed by atoms with Crippen LogP contribution in [0, 0.1) is 0 Å². The zero-order valence-electron chi connectivity index (χ0n) is 19.6. The van der Waals surface area contributed by atoms with Crippen LogP contribution in [0.15, 0.2) is 54.7 Å². The number of ether oxygens (including phenoxy) is 1. The number of likely N-dealkylation sites (tertiary alicyclic amines) is 1. The Morgan fingerprint density at radius 2 is 1.92 bits per heavy atom. The van der Waals surface area contributed by atoms with Gasteiger partial charge in [-0.25, -0.2) is 0 Å². The minimum atomic E-state index is -4.47. The smallest absolute Gasteiger partial charge is 0.416 e. The van der Waals surface area contributed by atoms with Crippen molar-refractivity contribution >= 4 is 17.5 Å². The Morgan fingerprint density at radius 1 is 1.17 bits per heavy atom. The molecule has 0 saturated carbocycles. The zero-order valence-corrected chi connectivity index (χ0v) is 19.6. The van der Waals surface area contributed by atoms with Crippen molar-refractivity contribution in [1.82, 2.24) is 14.7 Å². The standard InChI is InChI=1S/C25H26F3N5O3/c1-32-20(10-11-30-32)19-15-18(31-24(35)16-4-6-17(7-5-16)25(26,27)28)8-9-22(19)36-14-13-33-12-2-3-21(33)23(29)34/h4-11,15,21H,2-3,12-14H2,1H3,(H2,29,34)(H,31,35)/t21-/m0/s1. The number of benzene rings is 2. The van der Waals surface area contributed by atoms with Crippen LogP contribution in [0.1, 0.15) is 28.8 Å². The Labute approximate surface area is 205 Å². The fourth-order valence-electron chi connectivity index (χ4n) is 4.27. The highest BCUT2D eigenvalue weighted by Crippen LogP contribution is 2.33. The van der Waals surface area contributed by atoms with Gasteiger partial charge < -0.3 is 15.8 Å². The van der Waals surface area contributed by atoms with Crippen molar-refractivity contribution in [3.63, 3.8) is 0 Å². The predicted octanol–water partition coefficient (Wildman–Crippen LogP) is 3.69. The van der Waals surface area contributed by atoms with Gasteiger partial charge >= 0.3 is 6.18 Å². The van der Waals surface area contributed by atoms with E-state index in [0.29, 0.717) is 30.2 Å². The van der Waals surface area contributed by atoms with Crippen molar-refractivity contribution in [2.75, 3.05) is 25.0 Å². The van der Waals surface area contributed by atoms with Gasteiger partial charge in [0.15, 0.2) is 0 Å². The summed E-state index contributed by atoms with van der Waals surface area (Å²) >= 11 is 0. The molecule has 2 amide bonds. The molecule has 1 aromatic heterocycles. The molecule has 1 atom stereocenters. The molecule has 0 unspecified atom stereocenters. The fraction of sp³-hybridized carbons (Fsp3) is 0.320. The van der Waals surface area contributed by atoms with Crippen LogP contribution in [0.5, 0.6) is 5.75 Å². The van der Waals surface area contributed by atoms with Gasteiger partial charge in [0.25, 0.3) is 5.91 Å². The quantitative estimate of drug-likeness (QED) is 0.490. The second-order valence-electron chi connectivity index (χ2n) is 8.53. The zero-order chi connectivity index (χ0) is 25.9. The number of carbonyl (C=O) groups excluding carboxylic acids is 2. The number of primary amides is 1. The number of carbonyl (C=O) groups is 2. The van der Waals surface area contributed by atoms with Crippen molar-refractivity contribution < 1.29 is 27.5 Å². The third-order valence-corrected chi connectivity index (χ3v) is 6.14. The number of aromatic nitrogens is 2. The number of rotatable bonds is 8. The van der Waals surface area contributed by atoms with Gasteiger partial charge in [-0.05, 0) is 67.9 Å². The number of nitrogens with one attached hydrogen (secondary N) is 1. The number of anilines is 1. The molecule has 1 aliphatic rings. The average molecular weight is 502 g/mol. The lowest BCUT2D eigenvalue weighted by molar-refractivity contribution is -0.137. The predicted molar refractivity (Wildman–Crippen MR) is 127 cm³/mol. The number of amides is 2. The molecule has 1 saturated heterocycles. The summed E-state index contributed by atoms with van der Waals surface area (Å²) in [4.78, 5) is 26.3. The van der Waals surface area contributed by atoms with E-state index in [1.54, 1.807) is 42.2 Å². The van der Waals surface area contributed by atoms with E-state index in [0.717, 1.165) is 49.3 Å². The molecule has 4 rings (SSSR count). The summed E-state index contributed by atoms with van der Waals surface area (Å²) in [5, 5.41) is 6.91. The highest BCUT2D eigenvalue weighted by atomic mass is 19.4. The Bertz CT molecular complexity index is 1240. The van der Waals surface area contributed by atoms with Gasteiger partial charge in [-0.15, -0.1) is 0 Å². The molecule has 2 heterocycles. The van der Waals surface area contributed by atoms with E-state index < -0.39 is 17.6 Å². The van der Waals surface area contributed by atoms with Gasteiger partial charge in [0, 0.05) is 36.6 Å². The van der Waals surface area contributed by atoms with Crippen LogP contribution >= 0.6 is 0 Å². The van der Waals surface area contributed by atoms with Crippen LogP contribution in [0.25, 0.3) is 11.3 Å². The molecule has 1 fully saturated rings. The summed E-state index contributed by atoms with van der Waals surface area (Å²) in [5.41, 5.74) is 6.62. The van der Waals surface area contributed by atoms with Gasteiger partial charge in [-0.3, -0.25) is 19.2 Å². The Balaban J connectivity index is 1.50. The fourth-order valence-corrected chi connectivity index (χ4v) is 4.27. The first-order valence-electron chi connectivity index (χ1n) is 11.4. The lowest BCUT2D eigenvalue weighted by Crippen LogP contribution is -2.42. The lowest BCUT2D eigenvalue weighted by Gasteiger charge is -2.22.